The minimum atomic E-state index is -0.972. The van der Waals surface area contributed by atoms with Gasteiger partial charge in [-0.05, 0) is 51.9 Å². The fraction of sp³-hybridized carbons (Fsp3) is 0.857. The number of amides is 1. The highest BCUT2D eigenvalue weighted by Crippen LogP contribution is 2.48. The molecule has 2 fully saturated rings. The molecule has 5 heteroatoms. The molecule has 3 N–H and O–H groups in total. The number of aliphatic carboxylic acids is 1. The molecule has 2 rings (SSSR count). The predicted molar refractivity (Wildman–Crippen MR) is 71.4 cm³/mol. The molecular weight excluding hydrogens is 244 g/mol. The van der Waals surface area contributed by atoms with E-state index in [0.717, 1.165) is 19.3 Å². The second-order valence-corrected chi connectivity index (χ2v) is 6.93. The van der Waals surface area contributed by atoms with Gasteiger partial charge in [0.1, 0.15) is 6.54 Å². The SMILES string of the molecule is CC(C)(C)N(CC(=O)O)C(=O)C1C2CCC(C2)C1N. The first-order valence-electron chi connectivity index (χ1n) is 7.00. The zero-order valence-electron chi connectivity index (χ0n) is 11.9. The van der Waals surface area contributed by atoms with Gasteiger partial charge in [0.15, 0.2) is 0 Å². The number of carbonyl (C=O) groups is 2. The second-order valence-electron chi connectivity index (χ2n) is 6.93. The molecule has 0 aromatic carbocycles. The first-order valence-corrected chi connectivity index (χ1v) is 7.00. The summed E-state index contributed by atoms with van der Waals surface area (Å²) >= 11 is 0. The summed E-state index contributed by atoms with van der Waals surface area (Å²) in [6.45, 7) is 5.36. The van der Waals surface area contributed by atoms with Crippen LogP contribution in [-0.4, -0.2) is 40.0 Å². The molecule has 0 saturated heterocycles. The summed E-state index contributed by atoms with van der Waals surface area (Å²) in [6.07, 6.45) is 3.20. The molecule has 0 aromatic rings. The molecule has 108 valence electrons. The zero-order chi connectivity index (χ0) is 14.4. The van der Waals surface area contributed by atoms with Crippen LogP contribution in [0, 0.1) is 17.8 Å². The molecule has 1 amide bonds. The van der Waals surface area contributed by atoms with E-state index >= 15 is 0 Å². The number of hydrogen-bond acceptors (Lipinski definition) is 3. The standard InChI is InChI=1S/C14H24N2O3/c1-14(2,3)16(7-10(17)18)13(19)11-8-4-5-9(6-8)12(11)15/h8-9,11-12H,4-7,15H2,1-3H3,(H,17,18). The number of nitrogens with two attached hydrogens (primary N) is 1. The van der Waals surface area contributed by atoms with E-state index in [2.05, 4.69) is 0 Å². The summed E-state index contributed by atoms with van der Waals surface area (Å²) < 4.78 is 0. The van der Waals surface area contributed by atoms with Gasteiger partial charge in [0.25, 0.3) is 0 Å². The molecule has 0 aromatic heterocycles. The van der Waals surface area contributed by atoms with E-state index in [-0.39, 0.29) is 24.4 Å². The first-order chi connectivity index (χ1) is 8.71. The highest BCUT2D eigenvalue weighted by atomic mass is 16.4. The normalized spacial score (nSPS) is 33.5. The summed E-state index contributed by atoms with van der Waals surface area (Å²) in [5.41, 5.74) is 5.69. The topological polar surface area (TPSA) is 83.6 Å². The van der Waals surface area contributed by atoms with E-state index in [1.807, 2.05) is 20.8 Å². The van der Waals surface area contributed by atoms with Crippen LogP contribution in [0.5, 0.6) is 0 Å². The van der Waals surface area contributed by atoms with E-state index in [1.165, 1.54) is 4.90 Å². The van der Waals surface area contributed by atoms with Crippen LogP contribution in [0.4, 0.5) is 0 Å². The third kappa shape index (κ3) is 2.61. The fourth-order valence-corrected chi connectivity index (χ4v) is 3.66. The highest BCUT2D eigenvalue weighted by molar-refractivity contribution is 5.85. The Hall–Kier alpha value is -1.10. The maximum absolute atomic E-state index is 12.7. The van der Waals surface area contributed by atoms with Gasteiger partial charge in [-0.3, -0.25) is 9.59 Å². The van der Waals surface area contributed by atoms with Gasteiger partial charge in [-0.1, -0.05) is 0 Å². The lowest BCUT2D eigenvalue weighted by atomic mass is 9.83. The van der Waals surface area contributed by atoms with E-state index in [9.17, 15) is 9.59 Å². The van der Waals surface area contributed by atoms with Gasteiger partial charge in [0.2, 0.25) is 5.91 Å². The molecule has 19 heavy (non-hydrogen) atoms. The Morgan fingerprint density at radius 3 is 2.26 bits per heavy atom. The van der Waals surface area contributed by atoms with Gasteiger partial charge in [0.05, 0.1) is 5.92 Å². The number of carbonyl (C=O) groups excluding carboxylic acids is 1. The van der Waals surface area contributed by atoms with Gasteiger partial charge < -0.3 is 15.7 Å². The Labute approximate surface area is 114 Å². The molecule has 0 heterocycles. The predicted octanol–water partition coefficient (Wildman–Crippen LogP) is 1.07. The third-order valence-electron chi connectivity index (χ3n) is 4.63. The summed E-state index contributed by atoms with van der Waals surface area (Å²) in [5.74, 6) is -0.427. The van der Waals surface area contributed by atoms with E-state index in [0.29, 0.717) is 11.8 Å². The molecule has 2 saturated carbocycles. The number of rotatable bonds is 3. The average Bonchev–Trinajstić information content (AvgIpc) is 2.83. The minimum Gasteiger partial charge on any atom is -0.480 e. The van der Waals surface area contributed by atoms with Crippen LogP contribution in [0.25, 0.3) is 0 Å². The zero-order valence-corrected chi connectivity index (χ0v) is 11.9. The Kier molecular flexibility index (Phi) is 3.60. The van der Waals surface area contributed by atoms with E-state index < -0.39 is 11.5 Å². The lowest BCUT2D eigenvalue weighted by Gasteiger charge is -2.39. The molecule has 2 aliphatic carbocycles. The molecule has 4 unspecified atom stereocenters. The van der Waals surface area contributed by atoms with Gasteiger partial charge >= 0.3 is 5.97 Å². The summed E-state index contributed by atoms with van der Waals surface area (Å²) in [5, 5.41) is 9.01. The van der Waals surface area contributed by atoms with Gasteiger partial charge in [-0.15, -0.1) is 0 Å². The number of carboxylic acids is 1. The third-order valence-corrected chi connectivity index (χ3v) is 4.63. The van der Waals surface area contributed by atoms with Gasteiger partial charge in [-0.2, -0.15) is 0 Å². The van der Waals surface area contributed by atoms with Crippen molar-refractivity contribution in [2.75, 3.05) is 6.54 Å². The van der Waals surface area contributed by atoms with Crippen LogP contribution in [0.15, 0.2) is 0 Å². The second kappa shape index (κ2) is 4.78. The van der Waals surface area contributed by atoms with Crippen molar-refractivity contribution < 1.29 is 14.7 Å². The van der Waals surface area contributed by atoms with Gasteiger partial charge in [-0.25, -0.2) is 0 Å². The quantitative estimate of drug-likeness (QED) is 0.802. The molecule has 0 spiro atoms. The number of nitrogens with zero attached hydrogens (tertiary/aromatic N) is 1. The van der Waals surface area contributed by atoms with Crippen LogP contribution in [0.1, 0.15) is 40.0 Å². The fourth-order valence-electron chi connectivity index (χ4n) is 3.66. The van der Waals surface area contributed by atoms with Gasteiger partial charge in [0, 0.05) is 11.6 Å². The minimum absolute atomic E-state index is 0.0744. The summed E-state index contributed by atoms with van der Waals surface area (Å²) in [6, 6.07) is -0.0927. The highest BCUT2D eigenvalue weighted by Gasteiger charge is 2.51. The molecule has 0 aliphatic heterocycles. The van der Waals surface area contributed by atoms with Crippen molar-refractivity contribution in [3.05, 3.63) is 0 Å². The Bertz CT molecular complexity index is 387. The van der Waals surface area contributed by atoms with E-state index in [1.54, 1.807) is 0 Å². The first kappa shape index (κ1) is 14.3. The molecule has 2 bridgehead atoms. The number of hydrogen-bond donors (Lipinski definition) is 2. The molecule has 5 nitrogen and oxygen atoms in total. The number of carboxylic acid groups (broad SMARTS) is 1. The monoisotopic (exact) mass is 268 g/mol. The van der Waals surface area contributed by atoms with E-state index in [4.69, 9.17) is 10.8 Å². The van der Waals surface area contributed by atoms with Crippen molar-refractivity contribution in [1.82, 2.24) is 4.90 Å². The lowest BCUT2D eigenvalue weighted by molar-refractivity contribution is -0.152. The average molecular weight is 268 g/mol. The van der Waals surface area contributed by atoms with Crippen molar-refractivity contribution in [2.45, 2.75) is 51.6 Å². The molecule has 4 atom stereocenters. The van der Waals surface area contributed by atoms with Crippen molar-refractivity contribution in [3.63, 3.8) is 0 Å². The van der Waals surface area contributed by atoms with Crippen LogP contribution in [0.2, 0.25) is 0 Å². The van der Waals surface area contributed by atoms with Crippen molar-refractivity contribution >= 4 is 11.9 Å². The Morgan fingerprint density at radius 2 is 1.84 bits per heavy atom. The van der Waals surface area contributed by atoms with Crippen LogP contribution in [-0.2, 0) is 9.59 Å². The lowest BCUT2D eigenvalue weighted by Crippen LogP contribution is -2.54. The maximum atomic E-state index is 12.7. The maximum Gasteiger partial charge on any atom is 0.323 e. The van der Waals surface area contributed by atoms with Crippen LogP contribution < -0.4 is 5.73 Å². The summed E-state index contributed by atoms with van der Waals surface area (Å²) in [7, 11) is 0. The van der Waals surface area contributed by atoms with Crippen molar-refractivity contribution in [3.8, 4) is 0 Å². The van der Waals surface area contributed by atoms with Crippen molar-refractivity contribution in [2.24, 2.45) is 23.5 Å². The van der Waals surface area contributed by atoms with Crippen LogP contribution >= 0.6 is 0 Å². The smallest absolute Gasteiger partial charge is 0.323 e. The largest absolute Gasteiger partial charge is 0.480 e. The van der Waals surface area contributed by atoms with Crippen molar-refractivity contribution in [1.29, 1.82) is 0 Å². The number of fused-ring (bicyclic) bond motifs is 2. The molecular formula is C14H24N2O3. The molecule has 0 radical (unpaired) electrons. The molecule has 2 aliphatic rings. The Balaban J connectivity index is 2.18. The van der Waals surface area contributed by atoms with Crippen LogP contribution in [0.3, 0.4) is 0 Å². The summed E-state index contributed by atoms with van der Waals surface area (Å²) in [4.78, 5) is 25.2. The Morgan fingerprint density at radius 1 is 1.26 bits per heavy atom.